The number of benzene rings is 1. The molecule has 0 radical (unpaired) electrons. The minimum atomic E-state index is -3.89. The molecule has 11 heteroatoms. The Morgan fingerprint density at radius 3 is 2.05 bits per heavy atom. The Balaban J connectivity index is 3.03. The largest absolute Gasteiger partial charge is 0.295 e. The maximum absolute atomic E-state index is 11.7. The lowest BCUT2D eigenvalue weighted by atomic mass is 10.3. The zero-order chi connectivity index (χ0) is 15.2. The molecule has 0 aliphatic rings. The van der Waals surface area contributed by atoms with Crippen molar-refractivity contribution in [2.45, 2.75) is 6.92 Å². The summed E-state index contributed by atoms with van der Waals surface area (Å²) in [5.41, 5.74) is 0.299. The summed E-state index contributed by atoms with van der Waals surface area (Å²) >= 11 is 0. The molecule has 0 heterocycles. The molecule has 1 aromatic carbocycles. The maximum atomic E-state index is 11.7. The van der Waals surface area contributed by atoms with Gasteiger partial charge < -0.3 is 0 Å². The standard InChI is InChI=1S/C9H17N5O4S2/c1-3-11-20(17,18)13-14(12-19(15,16)10-2)9-7-5-4-6-8-9/h4-8,10-13H,3H2,1-2H3. The highest BCUT2D eigenvalue weighted by atomic mass is 32.2. The highest BCUT2D eigenvalue weighted by Crippen LogP contribution is 2.09. The van der Waals surface area contributed by atoms with E-state index in [1.165, 1.54) is 19.2 Å². The van der Waals surface area contributed by atoms with Crippen molar-refractivity contribution in [2.75, 3.05) is 18.7 Å². The van der Waals surface area contributed by atoms with E-state index in [0.29, 0.717) is 5.69 Å². The number of rotatable bonds is 8. The lowest BCUT2D eigenvalue weighted by Gasteiger charge is -2.24. The van der Waals surface area contributed by atoms with E-state index in [-0.39, 0.29) is 6.54 Å². The second kappa shape index (κ2) is 6.97. The van der Waals surface area contributed by atoms with Crippen LogP contribution in [0.25, 0.3) is 0 Å². The average molecular weight is 323 g/mol. The number of para-hydroxylation sites is 1. The van der Waals surface area contributed by atoms with Crippen LogP contribution in [0.5, 0.6) is 0 Å². The topological polar surface area (TPSA) is 120 Å². The fourth-order valence-corrected chi connectivity index (χ4v) is 2.59. The van der Waals surface area contributed by atoms with Gasteiger partial charge in [-0.1, -0.05) is 34.8 Å². The second-order valence-electron chi connectivity index (χ2n) is 3.56. The van der Waals surface area contributed by atoms with Crippen LogP contribution in [0, 0.1) is 0 Å². The minimum absolute atomic E-state index is 0.163. The Hall–Kier alpha value is -1.24. The summed E-state index contributed by atoms with van der Waals surface area (Å²) in [7, 11) is -6.57. The summed E-state index contributed by atoms with van der Waals surface area (Å²) in [6.45, 7) is 1.76. The van der Waals surface area contributed by atoms with Crippen LogP contribution in [0.2, 0.25) is 0 Å². The van der Waals surface area contributed by atoms with Crippen LogP contribution in [-0.2, 0) is 20.4 Å². The van der Waals surface area contributed by atoms with Crippen LogP contribution in [0.3, 0.4) is 0 Å². The third-order valence-corrected chi connectivity index (χ3v) is 4.09. The van der Waals surface area contributed by atoms with Gasteiger partial charge >= 0.3 is 0 Å². The SMILES string of the molecule is CCNS(=O)(=O)NN(NS(=O)(=O)NC)c1ccccc1. The normalized spacial score (nSPS) is 12.3. The molecule has 0 bridgehead atoms. The third kappa shape index (κ3) is 5.40. The summed E-state index contributed by atoms with van der Waals surface area (Å²) in [5.74, 6) is 0. The number of hydrogen-bond donors (Lipinski definition) is 4. The smallest absolute Gasteiger partial charge is 0.212 e. The Kier molecular flexibility index (Phi) is 5.86. The van der Waals surface area contributed by atoms with Gasteiger partial charge in [0.15, 0.2) is 0 Å². The molecule has 4 N–H and O–H groups in total. The lowest BCUT2D eigenvalue weighted by molar-refractivity contribution is 0.546. The highest BCUT2D eigenvalue weighted by Gasteiger charge is 2.19. The Labute approximate surface area is 118 Å². The molecule has 0 amide bonds. The van der Waals surface area contributed by atoms with Gasteiger partial charge in [0.05, 0.1) is 5.69 Å². The molecule has 0 atom stereocenters. The monoisotopic (exact) mass is 323 g/mol. The summed E-state index contributed by atoms with van der Waals surface area (Å²) in [4.78, 5) is 4.10. The summed E-state index contributed by atoms with van der Waals surface area (Å²) in [6, 6.07) is 8.06. The van der Waals surface area contributed by atoms with E-state index in [2.05, 4.69) is 9.55 Å². The Bertz CT molecular complexity index is 617. The number of nitrogens with one attached hydrogen (secondary N) is 4. The lowest BCUT2D eigenvalue weighted by Crippen LogP contribution is -2.57. The molecule has 1 rings (SSSR count). The first-order valence-corrected chi connectivity index (χ1v) is 8.59. The maximum Gasteiger partial charge on any atom is 0.295 e. The molecular formula is C9H17N5O4S2. The molecule has 1 aromatic rings. The first kappa shape index (κ1) is 16.8. The Morgan fingerprint density at radius 2 is 1.55 bits per heavy atom. The van der Waals surface area contributed by atoms with Crippen molar-refractivity contribution in [1.29, 1.82) is 0 Å². The highest BCUT2D eigenvalue weighted by molar-refractivity contribution is 7.88. The van der Waals surface area contributed by atoms with Crippen molar-refractivity contribution in [2.24, 2.45) is 0 Å². The predicted molar refractivity (Wildman–Crippen MR) is 75.8 cm³/mol. The molecular weight excluding hydrogens is 306 g/mol. The van der Waals surface area contributed by atoms with Crippen LogP contribution < -0.4 is 24.2 Å². The molecule has 0 spiro atoms. The van der Waals surface area contributed by atoms with Crippen LogP contribution in [-0.4, -0.2) is 30.4 Å². The van der Waals surface area contributed by atoms with E-state index in [1.807, 2.05) is 9.55 Å². The number of nitrogens with zero attached hydrogens (tertiary/aromatic N) is 1. The van der Waals surface area contributed by atoms with Crippen molar-refractivity contribution < 1.29 is 16.8 Å². The second-order valence-corrected chi connectivity index (χ2v) is 6.64. The summed E-state index contributed by atoms with van der Waals surface area (Å²) < 4.78 is 50.6. The van der Waals surface area contributed by atoms with Crippen molar-refractivity contribution in [3.05, 3.63) is 30.3 Å². The average Bonchev–Trinajstić information content (AvgIpc) is 2.38. The van der Waals surface area contributed by atoms with Gasteiger partial charge in [-0.15, -0.1) is 0 Å². The van der Waals surface area contributed by atoms with Crippen LogP contribution in [0.1, 0.15) is 6.92 Å². The molecule has 20 heavy (non-hydrogen) atoms. The van der Waals surface area contributed by atoms with Gasteiger partial charge in [0.1, 0.15) is 0 Å². The zero-order valence-electron chi connectivity index (χ0n) is 11.0. The van der Waals surface area contributed by atoms with Crippen LogP contribution in [0.15, 0.2) is 30.3 Å². The van der Waals surface area contributed by atoms with Gasteiger partial charge in [0, 0.05) is 13.6 Å². The molecule has 0 aliphatic heterocycles. The molecule has 0 fully saturated rings. The van der Waals surface area contributed by atoms with E-state index < -0.39 is 20.4 Å². The minimum Gasteiger partial charge on any atom is -0.212 e. The van der Waals surface area contributed by atoms with Gasteiger partial charge in [-0.3, -0.25) is 0 Å². The Morgan fingerprint density at radius 1 is 1.00 bits per heavy atom. The molecule has 9 nitrogen and oxygen atoms in total. The molecule has 114 valence electrons. The van der Waals surface area contributed by atoms with Gasteiger partial charge in [-0.25, -0.2) is 14.6 Å². The summed E-state index contributed by atoms with van der Waals surface area (Å²) in [6.07, 6.45) is 0. The number of hydrazine groups is 2. The van der Waals surface area contributed by atoms with Crippen LogP contribution >= 0.6 is 0 Å². The van der Waals surface area contributed by atoms with Gasteiger partial charge in [-0.05, 0) is 12.1 Å². The fraction of sp³-hybridized carbons (Fsp3) is 0.333. The number of anilines is 1. The quantitative estimate of drug-likeness (QED) is 0.449. The third-order valence-electron chi connectivity index (χ3n) is 2.04. The molecule has 0 aromatic heterocycles. The first-order chi connectivity index (χ1) is 9.29. The van der Waals surface area contributed by atoms with E-state index >= 15 is 0 Å². The van der Waals surface area contributed by atoms with Crippen LogP contribution in [0.4, 0.5) is 5.69 Å². The predicted octanol–water partition coefficient (Wildman–Crippen LogP) is -1.18. The fourth-order valence-electron chi connectivity index (χ4n) is 1.21. The van der Waals surface area contributed by atoms with Crippen molar-refractivity contribution in [3.8, 4) is 0 Å². The molecule has 0 aliphatic carbocycles. The van der Waals surface area contributed by atoms with Gasteiger partial charge in [0.25, 0.3) is 20.4 Å². The van der Waals surface area contributed by atoms with E-state index in [9.17, 15) is 16.8 Å². The van der Waals surface area contributed by atoms with E-state index in [0.717, 1.165) is 5.12 Å². The molecule has 0 saturated carbocycles. The molecule has 0 unspecified atom stereocenters. The zero-order valence-corrected chi connectivity index (χ0v) is 12.6. The molecule has 0 saturated heterocycles. The van der Waals surface area contributed by atoms with Gasteiger partial charge in [-0.2, -0.15) is 16.8 Å². The van der Waals surface area contributed by atoms with Gasteiger partial charge in [0.2, 0.25) is 0 Å². The van der Waals surface area contributed by atoms with Crippen molar-refractivity contribution in [3.63, 3.8) is 0 Å². The number of hydrogen-bond acceptors (Lipinski definition) is 5. The first-order valence-electron chi connectivity index (χ1n) is 5.63. The van der Waals surface area contributed by atoms with Crippen molar-refractivity contribution in [1.82, 2.24) is 19.1 Å². The van der Waals surface area contributed by atoms with E-state index in [4.69, 9.17) is 0 Å². The van der Waals surface area contributed by atoms with Crippen molar-refractivity contribution >= 4 is 26.1 Å². The summed E-state index contributed by atoms with van der Waals surface area (Å²) in [5, 5.41) is 0.782. The van der Waals surface area contributed by atoms with E-state index in [1.54, 1.807) is 25.1 Å².